The van der Waals surface area contributed by atoms with Crippen molar-refractivity contribution >= 4 is 75.0 Å². The lowest BCUT2D eigenvalue weighted by Crippen LogP contribution is -2.61. The molecule has 744 valence electrons. The van der Waals surface area contributed by atoms with Crippen LogP contribution in [0.2, 0.25) is 0 Å². The monoisotopic (exact) mass is 1890 g/mol. The average Bonchev–Trinajstić information content (AvgIpc) is 1.70. The first-order chi connectivity index (χ1) is 65.7. The zero-order chi connectivity index (χ0) is 96.8. The van der Waals surface area contributed by atoms with Crippen LogP contribution in [0.25, 0.3) is 44.5 Å². The number of nitrogen functional groups attached to an aromatic ring is 2. The third kappa shape index (κ3) is 29.1. The number of hydrogen-bond acceptors (Lipinski definition) is 35. The van der Waals surface area contributed by atoms with Gasteiger partial charge in [-0.2, -0.15) is 10.1 Å². The van der Waals surface area contributed by atoms with Crippen molar-refractivity contribution in [2.75, 3.05) is 156 Å². The first-order valence-electron chi connectivity index (χ1n) is 47.9. The van der Waals surface area contributed by atoms with E-state index in [9.17, 15) is 44.1 Å². The molecule has 3 saturated heterocycles. The molecule has 4 aromatic heterocycles. The summed E-state index contributed by atoms with van der Waals surface area (Å²) in [7, 11) is 4.58. The number of aliphatic hydroxyl groups excluding tert-OH is 2. The Morgan fingerprint density at radius 2 is 1.51 bits per heavy atom. The van der Waals surface area contributed by atoms with E-state index < -0.39 is 83.8 Å². The number of amides is 2. The molecule has 12 rings (SSSR count). The van der Waals surface area contributed by atoms with Gasteiger partial charge in [-0.15, -0.1) is 5.53 Å². The number of carbonyl (C=O) groups is 6. The van der Waals surface area contributed by atoms with Crippen molar-refractivity contribution in [2.45, 2.75) is 218 Å². The number of aryl methyl sites for hydroxylation is 1. The average molecular weight is 1890 g/mol. The fourth-order valence-electron chi connectivity index (χ4n) is 18.5. The van der Waals surface area contributed by atoms with Crippen LogP contribution in [0.3, 0.4) is 0 Å². The lowest BCUT2D eigenvalue weighted by atomic mass is 9.80. The summed E-state index contributed by atoms with van der Waals surface area (Å²) in [6.45, 7) is 19.0. The van der Waals surface area contributed by atoms with Crippen LogP contribution in [0.15, 0.2) is 125 Å². The molecule has 9 heterocycles. The van der Waals surface area contributed by atoms with E-state index in [1.807, 2.05) is 98.2 Å². The Hall–Kier alpha value is -9.98. The topological polar surface area (TPSA) is 487 Å². The van der Waals surface area contributed by atoms with Crippen LogP contribution in [0.4, 0.5) is 17.8 Å². The second-order valence-electron chi connectivity index (χ2n) is 36.5. The summed E-state index contributed by atoms with van der Waals surface area (Å²) in [6, 6.07) is 11.3. The van der Waals surface area contributed by atoms with Crippen LogP contribution in [-0.4, -0.2) is 306 Å². The van der Waals surface area contributed by atoms with Crippen LogP contribution >= 0.6 is 0 Å². The fourth-order valence-corrected chi connectivity index (χ4v) is 18.5. The van der Waals surface area contributed by atoms with Gasteiger partial charge in [0.05, 0.1) is 127 Å². The molecule has 136 heavy (non-hydrogen) atoms. The van der Waals surface area contributed by atoms with Crippen molar-refractivity contribution in [3.05, 3.63) is 126 Å². The normalized spacial score (nSPS) is 26.8. The molecule has 1 saturated carbocycles. The molecule has 0 spiro atoms. The number of hydrazine groups is 2. The maximum atomic E-state index is 14.8. The number of esters is 1. The molecule has 38 nitrogen and oxygen atoms in total. The molecule has 5 aliphatic heterocycles. The first-order valence-corrected chi connectivity index (χ1v) is 47.9. The molecule has 12 N–H and O–H groups in total. The molecule has 4 fully saturated rings. The van der Waals surface area contributed by atoms with Crippen LogP contribution in [-0.2, 0) is 94.0 Å². The van der Waals surface area contributed by atoms with Gasteiger partial charge >= 0.3 is 5.97 Å². The van der Waals surface area contributed by atoms with E-state index in [1.54, 1.807) is 58.7 Å². The summed E-state index contributed by atoms with van der Waals surface area (Å²) in [5.41, 5.74) is 33.7. The van der Waals surface area contributed by atoms with Crippen LogP contribution in [0.5, 0.6) is 0 Å². The summed E-state index contributed by atoms with van der Waals surface area (Å²) in [5, 5.41) is 44.9. The number of methoxy groups -OCH3 is 3. The second kappa shape index (κ2) is 52.2. The van der Waals surface area contributed by atoms with E-state index in [1.165, 1.54) is 13.4 Å². The summed E-state index contributed by atoms with van der Waals surface area (Å²) in [4.78, 5) is 113. The van der Waals surface area contributed by atoms with E-state index >= 15 is 0 Å². The molecule has 2 bridgehead atoms. The molecule has 1 unspecified atom stereocenters. The van der Waals surface area contributed by atoms with E-state index in [2.05, 4.69) is 47.1 Å². The van der Waals surface area contributed by atoms with Crippen molar-refractivity contribution in [3.8, 4) is 22.4 Å². The van der Waals surface area contributed by atoms with Crippen LogP contribution in [0.1, 0.15) is 143 Å². The molecular weight excluding hydrogens is 1750 g/mol. The fraction of sp³-hybridized carbons (Fsp3) is 0.612. The molecule has 2 amide bonds. The number of anilines is 3. The van der Waals surface area contributed by atoms with Crippen LogP contribution in [0, 0.1) is 29.6 Å². The summed E-state index contributed by atoms with van der Waals surface area (Å²) >= 11 is 0. The zero-order valence-electron chi connectivity index (χ0n) is 80.1. The third-order valence-corrected chi connectivity index (χ3v) is 26.5. The summed E-state index contributed by atoms with van der Waals surface area (Å²) < 4.78 is 72.6. The Balaban J connectivity index is 0.533. The number of aromatic nitrogens is 7. The van der Waals surface area contributed by atoms with Crippen molar-refractivity contribution in [3.63, 3.8) is 0 Å². The minimum atomic E-state index is -2.50. The minimum absolute atomic E-state index is 0.0240. The Kier molecular flexibility index (Phi) is 40.2. The van der Waals surface area contributed by atoms with Gasteiger partial charge in [-0.1, -0.05) is 82.4 Å². The van der Waals surface area contributed by atoms with Gasteiger partial charge in [-0.25, -0.2) is 29.4 Å². The number of nitrogens with two attached hydrogens (primary N) is 3. The van der Waals surface area contributed by atoms with Gasteiger partial charge in [0.2, 0.25) is 17.6 Å². The number of nitrogens with zero attached hydrogens (tertiary/aromatic N) is 11. The number of ketones is 3. The highest BCUT2D eigenvalue weighted by molar-refractivity contribution is 6.39. The molecule has 16 atom stereocenters. The van der Waals surface area contributed by atoms with Gasteiger partial charge in [0.25, 0.3) is 17.7 Å². The van der Waals surface area contributed by atoms with Crippen molar-refractivity contribution in [1.82, 2.24) is 65.8 Å². The zero-order valence-corrected chi connectivity index (χ0v) is 80.1. The van der Waals surface area contributed by atoms with Gasteiger partial charge in [0.1, 0.15) is 53.5 Å². The highest BCUT2D eigenvalue weighted by Crippen LogP contribution is 2.40. The maximum absolute atomic E-state index is 14.8. The number of carbonyl (C=O) groups excluding carboxylic acids is 6. The number of piperidine rings is 1. The standard InChI is InChI=1S/C98H141N17O21/c1-62-18-11-10-12-19-63(2)82(125-7)52-75-26-23-67(6)98(124,136-75)91(121)94(122)114-31-15-13-22-78(114)95(123)134-83(53-79(117)64(3)47-66(5)89(120)90(127-9)88(119)65(4)46-62)76(99)49-68-24-27-81(84(50-68)126-8)133-60-69-20-17-21-70(48-69)72-54-103-97(104-55-72)112-34-33-111(74(58-112)59-116)56-73-57-113(110-108-73)35-37-129-39-41-131-43-45-132-44-42-130-40-38-128-36-29-85(118)102-30-14-16-32-115-93-86(92(100)105-61-106-93)87(109-115)71-25-28-80-77(51-71)107-96(101)135-80/h10-12,17-21,25,28,47-48,51,54-55,57,61-62,64-65,67-68,74-76,78,81-84,89-90,108,110,116,120,124H,13-16,22-24,26-27,29-46,49-50,52-53,56,58-60,99H2,1-9H3,(H2,101,107)(H,102,118)(H2,100,105,106)/b12-10?,18-11+,63-19?,66-47+/t62-,64-,65-,67-,68+,74?,75+,76-,78+,81-,82+,83+,84-,89-,90+,98-/m1/s1. The Labute approximate surface area is 795 Å². The number of piperazine rings is 1. The summed E-state index contributed by atoms with van der Waals surface area (Å²) in [6.07, 6.45) is 18.9. The molecule has 0 radical (unpaired) electrons. The number of unbranched alkanes of at least 4 members (excludes halogenated alkanes) is 1. The third-order valence-electron chi connectivity index (χ3n) is 26.5. The Morgan fingerprint density at radius 1 is 0.757 bits per heavy atom. The van der Waals surface area contributed by atoms with E-state index in [0.717, 1.165) is 51.3 Å². The highest BCUT2D eigenvalue weighted by Gasteiger charge is 2.53. The maximum Gasteiger partial charge on any atom is 0.329 e. The molecule has 2 aromatic carbocycles. The van der Waals surface area contributed by atoms with E-state index in [0.29, 0.717) is 208 Å². The summed E-state index contributed by atoms with van der Waals surface area (Å²) in [5.74, 6) is -7.65. The molecule has 1 aliphatic carbocycles. The number of rotatable bonds is 38. The van der Waals surface area contributed by atoms with Gasteiger partial charge in [-0.3, -0.25) is 33.9 Å². The minimum Gasteiger partial charge on any atom is -0.459 e. The first kappa shape index (κ1) is 105. The Morgan fingerprint density at radius 3 is 2.24 bits per heavy atom. The number of benzene rings is 2. The van der Waals surface area contributed by atoms with E-state index in [4.69, 9.17) is 88.8 Å². The predicted octanol–water partition coefficient (Wildman–Crippen LogP) is 7.38. The number of ether oxygens (including phenoxy) is 11. The SMILES string of the molecule is CO[C@H]1C[C@@H]2CC[C@@H](C)[C@@](O)(O2)C(=O)C(=O)N2CCCC[C@H]2C(=O)O[C@H]([C@H](N)C[C@@H]2CC[C@@H](OCc3cccc(-c4cnc(N5CCN(CC6=CN(CCOCCOCCOCCOCCOCCC(=O)NCCCCn7nc(-c8ccc9oc(N)nc9c8)c8c(N)ncnc87)NN6)C(CO)C5)nc4)c3)[C@H](OC)C2)CC(=O)[C@H](C)/C=C(\C)[C@@H](O)[C@@H](OC)C(=O)[C@H](C)C[C@H](C)/C=C/C=CC=C1C. The molecule has 6 aliphatic rings. The number of allylic oxidation sites excluding steroid dienone is 6. The van der Waals surface area contributed by atoms with Crippen molar-refractivity contribution < 1.29 is 101 Å². The number of oxazole rings is 1. The molecule has 6 aromatic rings. The second-order valence-corrected chi connectivity index (χ2v) is 36.5. The van der Waals surface area contributed by atoms with Gasteiger partial charge in [0, 0.05) is 140 Å². The number of Topliss-reactive ketones (excluding diaryl/α,β-unsaturated/α-hetero) is 3. The van der Waals surface area contributed by atoms with Gasteiger partial charge < -0.3 is 110 Å². The lowest BCUT2D eigenvalue weighted by Gasteiger charge is -2.42. The number of aliphatic hydroxyl groups is 3. The van der Waals surface area contributed by atoms with Crippen molar-refractivity contribution in [2.24, 2.45) is 35.3 Å². The van der Waals surface area contributed by atoms with E-state index in [-0.39, 0.29) is 106 Å². The van der Waals surface area contributed by atoms with Crippen molar-refractivity contribution in [1.29, 1.82) is 0 Å². The van der Waals surface area contributed by atoms with Crippen LogP contribution < -0.4 is 38.4 Å². The number of nitrogens with one attached hydrogen (secondary N) is 3. The number of cyclic esters (lactones) is 1. The molecule has 38 heteroatoms. The van der Waals surface area contributed by atoms with Gasteiger partial charge in [-0.05, 0) is 149 Å². The lowest BCUT2D eigenvalue weighted by molar-refractivity contribution is -0.265. The number of hydrogen-bond donors (Lipinski definition) is 9. The highest BCUT2D eigenvalue weighted by atomic mass is 16.6. The largest absolute Gasteiger partial charge is 0.459 e. The van der Waals surface area contributed by atoms with Gasteiger partial charge in [0.15, 0.2) is 17.0 Å². The number of fused-ring (bicyclic) bond motifs is 5. The molecular formula is C98H141N17O21. The predicted molar refractivity (Wildman–Crippen MR) is 508 cm³/mol. The quantitative estimate of drug-likeness (QED) is 0.00789. The Bertz CT molecular complexity index is 5050. The smallest absolute Gasteiger partial charge is 0.329 e.